The van der Waals surface area contributed by atoms with Crippen molar-refractivity contribution >= 4 is 80.2 Å². The zero-order chi connectivity index (χ0) is 15.7. The third-order valence-corrected chi connectivity index (χ3v) is 5.32. The molecule has 2 aromatic carbocycles. The lowest BCUT2D eigenvalue weighted by molar-refractivity contribution is -0.113. The van der Waals surface area contributed by atoms with Gasteiger partial charge >= 0.3 is 0 Å². The minimum atomic E-state index is -0.101. The van der Waals surface area contributed by atoms with Crippen LogP contribution in [0.25, 0.3) is 6.08 Å². The smallest absolute Gasteiger partial charge is 0.268 e. The Labute approximate surface area is 156 Å². The van der Waals surface area contributed by atoms with Gasteiger partial charge in [0.25, 0.3) is 5.91 Å². The van der Waals surface area contributed by atoms with E-state index in [2.05, 4.69) is 22.6 Å². The van der Waals surface area contributed by atoms with Gasteiger partial charge in [-0.1, -0.05) is 47.7 Å². The van der Waals surface area contributed by atoms with Crippen molar-refractivity contribution < 1.29 is 4.79 Å². The Morgan fingerprint density at radius 3 is 2.36 bits per heavy atom. The van der Waals surface area contributed by atoms with Gasteiger partial charge in [0.2, 0.25) is 0 Å². The predicted octanol–water partition coefficient (Wildman–Crippen LogP) is 5.35. The second-order valence-corrected chi connectivity index (χ2v) is 7.90. The average Bonchev–Trinajstić information content (AvgIpc) is 2.77. The van der Waals surface area contributed by atoms with Crippen molar-refractivity contribution in [3.63, 3.8) is 0 Å². The van der Waals surface area contributed by atoms with Gasteiger partial charge in [-0.25, -0.2) is 0 Å². The van der Waals surface area contributed by atoms with Crippen LogP contribution in [0.2, 0.25) is 5.02 Å². The van der Waals surface area contributed by atoms with Gasteiger partial charge < -0.3 is 0 Å². The number of amides is 1. The fraction of sp³-hybridized carbons (Fsp3) is 0. The first-order valence-corrected chi connectivity index (χ1v) is 9.02. The molecule has 0 bridgehead atoms. The summed E-state index contributed by atoms with van der Waals surface area (Å²) in [7, 11) is 0. The molecule has 0 aliphatic carbocycles. The normalized spacial score (nSPS) is 16.6. The first kappa shape index (κ1) is 16.0. The molecule has 1 saturated heterocycles. The fourth-order valence-corrected chi connectivity index (χ4v) is 3.78. The van der Waals surface area contributed by atoms with E-state index in [9.17, 15) is 4.79 Å². The summed E-state index contributed by atoms with van der Waals surface area (Å²) in [6, 6.07) is 15.1. The number of halogens is 2. The zero-order valence-electron chi connectivity index (χ0n) is 11.1. The summed E-state index contributed by atoms with van der Waals surface area (Å²) in [5.74, 6) is -0.101. The van der Waals surface area contributed by atoms with Crippen molar-refractivity contribution in [3.05, 3.63) is 67.6 Å². The molecule has 1 aliphatic heterocycles. The lowest BCUT2D eigenvalue weighted by Gasteiger charge is -2.14. The maximum Gasteiger partial charge on any atom is 0.270 e. The van der Waals surface area contributed by atoms with Crippen LogP contribution in [0.3, 0.4) is 0 Å². The molecule has 22 heavy (non-hydrogen) atoms. The van der Waals surface area contributed by atoms with Crippen molar-refractivity contribution in [2.24, 2.45) is 0 Å². The van der Waals surface area contributed by atoms with Crippen LogP contribution < -0.4 is 4.90 Å². The Morgan fingerprint density at radius 1 is 1.09 bits per heavy atom. The molecule has 2 nitrogen and oxygen atoms in total. The molecular formula is C16H9ClINOS2. The van der Waals surface area contributed by atoms with Crippen molar-refractivity contribution in [1.82, 2.24) is 0 Å². The number of benzene rings is 2. The number of carbonyl (C=O) groups is 1. The lowest BCUT2D eigenvalue weighted by atomic mass is 10.2. The molecule has 0 radical (unpaired) electrons. The zero-order valence-corrected chi connectivity index (χ0v) is 15.7. The van der Waals surface area contributed by atoms with E-state index in [-0.39, 0.29) is 5.91 Å². The van der Waals surface area contributed by atoms with Crippen molar-refractivity contribution in [2.45, 2.75) is 0 Å². The largest absolute Gasteiger partial charge is 0.270 e. The van der Waals surface area contributed by atoms with E-state index in [0.29, 0.717) is 14.2 Å². The molecule has 110 valence electrons. The van der Waals surface area contributed by atoms with Crippen molar-refractivity contribution in [2.75, 3.05) is 4.90 Å². The molecule has 0 spiro atoms. The number of hydrogen-bond acceptors (Lipinski definition) is 3. The number of hydrogen-bond donors (Lipinski definition) is 0. The summed E-state index contributed by atoms with van der Waals surface area (Å²) in [4.78, 5) is 14.8. The summed E-state index contributed by atoms with van der Waals surface area (Å²) in [6.45, 7) is 0. The monoisotopic (exact) mass is 457 g/mol. The summed E-state index contributed by atoms with van der Waals surface area (Å²) >= 11 is 14.8. The van der Waals surface area contributed by atoms with Gasteiger partial charge in [-0.2, -0.15) is 0 Å². The molecule has 0 aromatic heterocycles. The summed E-state index contributed by atoms with van der Waals surface area (Å²) in [6.07, 6.45) is 1.87. The van der Waals surface area contributed by atoms with Gasteiger partial charge in [0.05, 0.1) is 10.6 Å². The van der Waals surface area contributed by atoms with Gasteiger partial charge in [-0.05, 0) is 70.6 Å². The molecule has 0 N–H and O–H groups in total. The van der Waals surface area contributed by atoms with Gasteiger partial charge in [0.1, 0.15) is 0 Å². The molecule has 1 heterocycles. The van der Waals surface area contributed by atoms with Crippen LogP contribution in [0.5, 0.6) is 0 Å². The minimum Gasteiger partial charge on any atom is -0.268 e. The number of rotatable bonds is 2. The molecule has 1 fully saturated rings. The number of thiocarbonyl (C=S) groups is 1. The molecule has 1 aliphatic rings. The predicted molar refractivity (Wildman–Crippen MR) is 106 cm³/mol. The van der Waals surface area contributed by atoms with E-state index in [1.165, 1.54) is 16.7 Å². The molecule has 3 rings (SSSR count). The van der Waals surface area contributed by atoms with Crippen LogP contribution in [0.1, 0.15) is 5.56 Å². The highest BCUT2D eigenvalue weighted by Crippen LogP contribution is 2.36. The van der Waals surface area contributed by atoms with E-state index in [4.69, 9.17) is 23.8 Å². The molecule has 0 saturated carbocycles. The molecule has 2 aromatic rings. The van der Waals surface area contributed by atoms with Gasteiger partial charge in [-0.3, -0.25) is 9.69 Å². The van der Waals surface area contributed by atoms with Gasteiger partial charge in [0.15, 0.2) is 4.32 Å². The van der Waals surface area contributed by atoms with E-state index >= 15 is 0 Å². The topological polar surface area (TPSA) is 20.3 Å². The Kier molecular flexibility index (Phi) is 4.87. The quantitative estimate of drug-likeness (QED) is 0.344. The van der Waals surface area contributed by atoms with Crippen molar-refractivity contribution in [1.29, 1.82) is 0 Å². The molecule has 6 heteroatoms. The third kappa shape index (κ3) is 3.37. The van der Waals surface area contributed by atoms with E-state index < -0.39 is 0 Å². The standard InChI is InChI=1S/C16H9ClINOS2/c17-11-3-7-13(8-4-11)19-15(20)14(22-16(19)21)9-10-1-5-12(18)6-2-10/h1-9H/b14-9+. The maximum atomic E-state index is 12.6. The second kappa shape index (κ2) is 6.70. The molecule has 1 amide bonds. The van der Waals surface area contributed by atoms with Crippen LogP contribution in [0.4, 0.5) is 5.69 Å². The fourth-order valence-electron chi connectivity index (χ4n) is 1.99. The van der Waals surface area contributed by atoms with E-state index in [0.717, 1.165) is 14.8 Å². The Balaban J connectivity index is 1.91. The minimum absolute atomic E-state index is 0.101. The van der Waals surface area contributed by atoms with Crippen LogP contribution in [-0.2, 0) is 4.79 Å². The maximum absolute atomic E-state index is 12.6. The Hall–Kier alpha value is -0.890. The first-order valence-electron chi connectivity index (χ1n) is 6.34. The van der Waals surface area contributed by atoms with Gasteiger partial charge in [0, 0.05) is 8.59 Å². The van der Waals surface area contributed by atoms with Gasteiger partial charge in [-0.15, -0.1) is 0 Å². The Morgan fingerprint density at radius 2 is 1.73 bits per heavy atom. The summed E-state index contributed by atoms with van der Waals surface area (Å²) in [5.41, 5.74) is 1.72. The number of anilines is 1. The van der Waals surface area contributed by atoms with Crippen LogP contribution in [-0.4, -0.2) is 10.2 Å². The lowest BCUT2D eigenvalue weighted by Crippen LogP contribution is -2.27. The van der Waals surface area contributed by atoms with Crippen LogP contribution >= 0.6 is 58.2 Å². The van der Waals surface area contributed by atoms with Crippen LogP contribution in [0.15, 0.2) is 53.4 Å². The first-order chi connectivity index (χ1) is 10.5. The highest BCUT2D eigenvalue weighted by molar-refractivity contribution is 14.1. The highest BCUT2D eigenvalue weighted by atomic mass is 127. The highest BCUT2D eigenvalue weighted by Gasteiger charge is 2.33. The molecular weight excluding hydrogens is 449 g/mol. The summed E-state index contributed by atoms with van der Waals surface area (Å²) < 4.78 is 1.69. The number of thioether (sulfide) groups is 1. The van der Waals surface area contributed by atoms with E-state index in [1.54, 1.807) is 24.3 Å². The molecule has 0 unspecified atom stereocenters. The number of carbonyl (C=O) groups excluding carboxylic acids is 1. The Bertz CT molecular complexity index is 772. The second-order valence-electron chi connectivity index (χ2n) is 4.55. The average molecular weight is 458 g/mol. The third-order valence-electron chi connectivity index (χ3n) is 3.05. The number of nitrogens with zero attached hydrogens (tertiary/aromatic N) is 1. The molecule has 0 atom stereocenters. The summed E-state index contributed by atoms with van der Waals surface area (Å²) in [5, 5.41) is 0.628. The van der Waals surface area contributed by atoms with Crippen LogP contribution in [0, 0.1) is 3.57 Å². The SMILES string of the molecule is O=C1/C(=C\c2ccc(I)cc2)SC(=S)N1c1ccc(Cl)cc1. The van der Waals surface area contributed by atoms with E-state index in [1.807, 2.05) is 30.3 Å². The van der Waals surface area contributed by atoms with Crippen molar-refractivity contribution in [3.8, 4) is 0 Å².